The topological polar surface area (TPSA) is 97.0 Å². The Balaban J connectivity index is 1.95. The van der Waals surface area contributed by atoms with Crippen LogP contribution in [0.1, 0.15) is 26.2 Å². The molecule has 3 N–H and O–H groups in total. The van der Waals surface area contributed by atoms with Gasteiger partial charge in [0.1, 0.15) is 0 Å². The fraction of sp³-hybridized carbons (Fsp3) is 0.750. The van der Waals surface area contributed by atoms with Gasteiger partial charge in [-0.3, -0.25) is 4.21 Å². The van der Waals surface area contributed by atoms with E-state index in [4.69, 9.17) is 5.73 Å². The summed E-state index contributed by atoms with van der Waals surface area (Å²) < 4.78 is 11.3. The van der Waals surface area contributed by atoms with Gasteiger partial charge in [0.05, 0.1) is 0 Å². The van der Waals surface area contributed by atoms with E-state index in [1.54, 1.807) is 6.26 Å². The van der Waals surface area contributed by atoms with Gasteiger partial charge in [-0.2, -0.15) is 15.0 Å². The molecule has 0 aliphatic carbocycles. The molecule has 2 rings (SSSR count). The van der Waals surface area contributed by atoms with E-state index in [-0.39, 0.29) is 11.2 Å². The van der Waals surface area contributed by atoms with E-state index < -0.39 is 10.8 Å². The summed E-state index contributed by atoms with van der Waals surface area (Å²) in [7, 11) is -0.805. The third-order valence-electron chi connectivity index (χ3n) is 3.43. The van der Waals surface area contributed by atoms with Crippen molar-refractivity contribution in [3.63, 3.8) is 0 Å². The van der Waals surface area contributed by atoms with Crippen molar-refractivity contribution in [3.05, 3.63) is 0 Å². The summed E-state index contributed by atoms with van der Waals surface area (Å²) in [5, 5.41) is 3.28. The van der Waals surface area contributed by atoms with Crippen LogP contribution >= 0.6 is 0 Å². The summed E-state index contributed by atoms with van der Waals surface area (Å²) in [6.07, 6.45) is 4.84. The second-order valence-corrected chi connectivity index (χ2v) is 6.84. The number of hydrogen-bond donors (Lipinski definition) is 2. The molecule has 0 radical (unpaired) electrons. The van der Waals surface area contributed by atoms with Crippen LogP contribution in [0.15, 0.2) is 0 Å². The maximum Gasteiger partial charge on any atom is 0.231 e. The highest BCUT2D eigenvalue weighted by Gasteiger charge is 2.16. The second-order valence-electron chi connectivity index (χ2n) is 5.04. The van der Waals surface area contributed by atoms with Crippen molar-refractivity contribution in [2.45, 2.75) is 31.4 Å². The van der Waals surface area contributed by atoms with E-state index in [0.29, 0.717) is 18.4 Å². The molecule has 2 atom stereocenters. The molecule has 1 fully saturated rings. The third-order valence-corrected chi connectivity index (χ3v) is 4.80. The van der Waals surface area contributed by atoms with E-state index in [1.165, 1.54) is 0 Å². The molecule has 1 aromatic heterocycles. The van der Waals surface area contributed by atoms with E-state index in [2.05, 4.69) is 25.2 Å². The van der Waals surface area contributed by atoms with Gasteiger partial charge in [0, 0.05) is 41.9 Å². The van der Waals surface area contributed by atoms with Gasteiger partial charge < -0.3 is 16.0 Å². The van der Waals surface area contributed by atoms with Gasteiger partial charge in [0.25, 0.3) is 0 Å². The van der Waals surface area contributed by atoms with Crippen LogP contribution in [0.25, 0.3) is 0 Å². The van der Waals surface area contributed by atoms with E-state index in [9.17, 15) is 4.21 Å². The van der Waals surface area contributed by atoms with E-state index in [1.807, 2.05) is 6.92 Å². The largest absolute Gasteiger partial charge is 0.368 e. The van der Waals surface area contributed by atoms with Gasteiger partial charge in [-0.15, -0.1) is 0 Å². The Hall–Kier alpha value is -1.44. The lowest BCUT2D eigenvalue weighted by Gasteiger charge is -2.16. The first kappa shape index (κ1) is 15.0. The average molecular weight is 298 g/mol. The second kappa shape index (κ2) is 6.83. The molecule has 0 aromatic carbocycles. The summed E-state index contributed by atoms with van der Waals surface area (Å²) in [5.41, 5.74) is 5.73. The number of nitrogens with two attached hydrogens (primary N) is 1. The monoisotopic (exact) mass is 298 g/mol. The Labute approximate surface area is 121 Å². The van der Waals surface area contributed by atoms with Crippen molar-refractivity contribution in [2.24, 2.45) is 0 Å². The molecule has 7 nitrogen and oxygen atoms in total. The van der Waals surface area contributed by atoms with Crippen LogP contribution in [0.5, 0.6) is 0 Å². The highest BCUT2D eigenvalue weighted by Crippen LogP contribution is 2.17. The predicted molar refractivity (Wildman–Crippen MR) is 82.3 cm³/mol. The lowest BCUT2D eigenvalue weighted by Crippen LogP contribution is -2.22. The summed E-state index contributed by atoms with van der Waals surface area (Å²) in [6.45, 7) is 4.57. The van der Waals surface area contributed by atoms with Crippen LogP contribution in [-0.2, 0) is 10.8 Å². The minimum atomic E-state index is -0.805. The summed E-state index contributed by atoms with van der Waals surface area (Å²) in [6, 6.07) is 0. The zero-order valence-corrected chi connectivity index (χ0v) is 12.8. The SMILES string of the molecule is CC(CCNc1nc(N)nc(N2CCCC2)n1)S(C)=O. The molecular formula is C12H22N6OS. The van der Waals surface area contributed by atoms with Gasteiger partial charge in [0.2, 0.25) is 17.8 Å². The number of nitrogen functional groups attached to an aromatic ring is 1. The van der Waals surface area contributed by atoms with Gasteiger partial charge in [-0.25, -0.2) is 0 Å². The first-order valence-electron chi connectivity index (χ1n) is 6.89. The molecule has 1 aliphatic rings. The zero-order valence-electron chi connectivity index (χ0n) is 12.0. The molecule has 112 valence electrons. The Kier molecular flexibility index (Phi) is 5.11. The Bertz CT molecular complexity index is 477. The van der Waals surface area contributed by atoms with Gasteiger partial charge >= 0.3 is 0 Å². The lowest BCUT2D eigenvalue weighted by molar-refractivity contribution is 0.672. The highest BCUT2D eigenvalue weighted by molar-refractivity contribution is 7.84. The van der Waals surface area contributed by atoms with Gasteiger partial charge in [0.15, 0.2) is 0 Å². The van der Waals surface area contributed by atoms with Crippen molar-refractivity contribution in [2.75, 3.05) is 41.8 Å². The normalized spacial score (nSPS) is 18.0. The molecule has 1 aromatic rings. The van der Waals surface area contributed by atoms with Crippen LogP contribution in [0.3, 0.4) is 0 Å². The molecule has 0 saturated carbocycles. The number of aromatic nitrogens is 3. The first-order valence-corrected chi connectivity index (χ1v) is 8.51. The summed E-state index contributed by atoms with van der Waals surface area (Å²) in [5.74, 6) is 1.37. The van der Waals surface area contributed by atoms with Crippen LogP contribution in [0.2, 0.25) is 0 Å². The standard InChI is InChI=1S/C12H22N6OS/c1-9(20(2)19)5-6-14-11-15-10(13)16-12(17-11)18-7-3-4-8-18/h9H,3-8H2,1-2H3,(H3,13,14,15,16,17). The van der Waals surface area contributed by atoms with Crippen LogP contribution < -0.4 is 16.0 Å². The maximum absolute atomic E-state index is 11.3. The number of rotatable bonds is 6. The molecule has 2 unspecified atom stereocenters. The highest BCUT2D eigenvalue weighted by atomic mass is 32.2. The average Bonchev–Trinajstić information content (AvgIpc) is 2.91. The zero-order chi connectivity index (χ0) is 14.5. The minimum absolute atomic E-state index is 0.153. The van der Waals surface area contributed by atoms with Crippen molar-refractivity contribution in [1.82, 2.24) is 15.0 Å². The molecule has 0 spiro atoms. The number of nitrogens with one attached hydrogen (secondary N) is 1. The molecule has 1 aliphatic heterocycles. The quantitative estimate of drug-likeness (QED) is 0.794. The van der Waals surface area contributed by atoms with Crippen molar-refractivity contribution >= 4 is 28.6 Å². The van der Waals surface area contributed by atoms with Crippen molar-refractivity contribution < 1.29 is 4.21 Å². The van der Waals surface area contributed by atoms with E-state index >= 15 is 0 Å². The molecule has 0 amide bonds. The molecule has 1 saturated heterocycles. The van der Waals surface area contributed by atoms with Gasteiger partial charge in [-0.1, -0.05) is 6.92 Å². The summed E-state index contributed by atoms with van der Waals surface area (Å²) in [4.78, 5) is 14.8. The van der Waals surface area contributed by atoms with Gasteiger partial charge in [-0.05, 0) is 19.3 Å². The number of hydrogen-bond acceptors (Lipinski definition) is 7. The fourth-order valence-electron chi connectivity index (χ4n) is 2.07. The summed E-state index contributed by atoms with van der Waals surface area (Å²) >= 11 is 0. The molecule has 20 heavy (non-hydrogen) atoms. The van der Waals surface area contributed by atoms with Crippen LogP contribution in [0.4, 0.5) is 17.8 Å². The number of nitrogens with zero attached hydrogens (tertiary/aromatic N) is 4. The van der Waals surface area contributed by atoms with E-state index in [0.717, 1.165) is 32.4 Å². The predicted octanol–water partition coefficient (Wildman–Crippen LogP) is 0.623. The smallest absolute Gasteiger partial charge is 0.231 e. The Morgan fingerprint density at radius 3 is 2.70 bits per heavy atom. The van der Waals surface area contributed by atoms with Crippen molar-refractivity contribution in [3.8, 4) is 0 Å². The minimum Gasteiger partial charge on any atom is -0.368 e. The Morgan fingerprint density at radius 2 is 2.05 bits per heavy atom. The van der Waals surface area contributed by atoms with Crippen LogP contribution in [0, 0.1) is 0 Å². The maximum atomic E-state index is 11.3. The molecule has 8 heteroatoms. The Morgan fingerprint density at radius 1 is 1.35 bits per heavy atom. The lowest BCUT2D eigenvalue weighted by atomic mass is 10.3. The third kappa shape index (κ3) is 4.03. The van der Waals surface area contributed by atoms with Crippen LogP contribution in [-0.4, -0.2) is 50.3 Å². The fourth-order valence-corrected chi connectivity index (χ4v) is 2.52. The first-order chi connectivity index (χ1) is 9.56. The molecular weight excluding hydrogens is 276 g/mol. The molecule has 0 bridgehead atoms. The molecule has 2 heterocycles. The van der Waals surface area contributed by atoms with Crippen molar-refractivity contribution in [1.29, 1.82) is 0 Å². The number of anilines is 3.